The molecule has 3 N–H and O–H groups in total. The SMILES string of the molecule is CC(C)(C)N(C(=O)O)C1CNCC1O. The highest BCUT2D eigenvalue weighted by Crippen LogP contribution is 2.21. The highest BCUT2D eigenvalue weighted by atomic mass is 16.4. The van der Waals surface area contributed by atoms with E-state index in [1.807, 2.05) is 20.8 Å². The van der Waals surface area contributed by atoms with Gasteiger partial charge in [0.05, 0.1) is 12.1 Å². The topological polar surface area (TPSA) is 72.8 Å². The van der Waals surface area contributed by atoms with E-state index in [9.17, 15) is 9.90 Å². The van der Waals surface area contributed by atoms with E-state index >= 15 is 0 Å². The summed E-state index contributed by atoms with van der Waals surface area (Å²) in [5, 5.41) is 21.7. The van der Waals surface area contributed by atoms with Crippen LogP contribution in [0.2, 0.25) is 0 Å². The Labute approximate surface area is 83.7 Å². The zero-order valence-corrected chi connectivity index (χ0v) is 8.82. The van der Waals surface area contributed by atoms with Crippen LogP contribution in [0.15, 0.2) is 0 Å². The summed E-state index contributed by atoms with van der Waals surface area (Å²) in [6, 6.07) is -0.340. The van der Waals surface area contributed by atoms with Gasteiger partial charge in [0.1, 0.15) is 0 Å². The maximum absolute atomic E-state index is 11.1. The number of aliphatic hydroxyl groups is 1. The summed E-state index contributed by atoms with van der Waals surface area (Å²) < 4.78 is 0. The largest absolute Gasteiger partial charge is 0.465 e. The molecule has 1 heterocycles. The number of nitrogens with one attached hydrogen (secondary N) is 1. The van der Waals surface area contributed by atoms with Gasteiger partial charge in [-0.2, -0.15) is 0 Å². The fourth-order valence-electron chi connectivity index (χ4n) is 1.84. The van der Waals surface area contributed by atoms with Crippen molar-refractivity contribution in [1.82, 2.24) is 10.2 Å². The molecule has 14 heavy (non-hydrogen) atoms. The predicted octanol–water partition coefficient (Wildman–Crippen LogP) is 0.0976. The molecular formula is C9H18N2O3. The highest BCUT2D eigenvalue weighted by Gasteiger charge is 2.39. The molecule has 0 aromatic rings. The van der Waals surface area contributed by atoms with Crippen LogP contribution in [-0.2, 0) is 0 Å². The molecule has 1 aliphatic rings. The van der Waals surface area contributed by atoms with Gasteiger partial charge in [0, 0.05) is 18.6 Å². The van der Waals surface area contributed by atoms with Gasteiger partial charge in [-0.1, -0.05) is 0 Å². The van der Waals surface area contributed by atoms with Crippen LogP contribution in [0.3, 0.4) is 0 Å². The van der Waals surface area contributed by atoms with Crippen LogP contribution in [-0.4, -0.2) is 52.0 Å². The Bertz CT molecular complexity index is 225. The summed E-state index contributed by atoms with van der Waals surface area (Å²) in [6.07, 6.45) is -1.59. The molecule has 0 saturated carbocycles. The lowest BCUT2D eigenvalue weighted by Gasteiger charge is -2.38. The van der Waals surface area contributed by atoms with Crippen LogP contribution in [0, 0.1) is 0 Å². The standard InChI is InChI=1S/C9H18N2O3/c1-9(2,3)11(8(13)14)6-4-10-5-7(6)12/h6-7,10,12H,4-5H2,1-3H3,(H,13,14). The van der Waals surface area contributed by atoms with Crippen molar-refractivity contribution in [3.8, 4) is 0 Å². The first-order valence-corrected chi connectivity index (χ1v) is 4.75. The van der Waals surface area contributed by atoms with Gasteiger partial charge in [-0.15, -0.1) is 0 Å². The quantitative estimate of drug-likeness (QED) is 0.564. The number of aliphatic hydroxyl groups excluding tert-OH is 1. The lowest BCUT2D eigenvalue weighted by atomic mass is 10.0. The average Bonchev–Trinajstić information content (AvgIpc) is 2.32. The number of β-amino-alcohol motifs (C(OH)–C–C–N with tert-alkyl or cyclic N) is 1. The van der Waals surface area contributed by atoms with Gasteiger partial charge in [-0.05, 0) is 20.8 Å². The van der Waals surface area contributed by atoms with E-state index in [1.54, 1.807) is 0 Å². The number of carboxylic acid groups (broad SMARTS) is 1. The van der Waals surface area contributed by atoms with Gasteiger partial charge in [0.2, 0.25) is 0 Å². The summed E-state index contributed by atoms with van der Waals surface area (Å²) in [5.41, 5.74) is -0.483. The van der Waals surface area contributed by atoms with Crippen molar-refractivity contribution in [3.63, 3.8) is 0 Å². The first-order chi connectivity index (χ1) is 6.34. The van der Waals surface area contributed by atoms with Crippen LogP contribution in [0.1, 0.15) is 20.8 Å². The Morgan fingerprint density at radius 1 is 1.43 bits per heavy atom. The zero-order chi connectivity index (χ0) is 10.9. The summed E-state index contributed by atoms with van der Waals surface area (Å²) >= 11 is 0. The van der Waals surface area contributed by atoms with Crippen LogP contribution >= 0.6 is 0 Å². The lowest BCUT2D eigenvalue weighted by Crippen LogP contribution is -2.55. The second kappa shape index (κ2) is 3.74. The predicted molar refractivity (Wildman–Crippen MR) is 52.3 cm³/mol. The molecule has 0 bridgehead atoms. The second-order valence-corrected chi connectivity index (χ2v) is 4.62. The van der Waals surface area contributed by atoms with E-state index < -0.39 is 17.7 Å². The molecule has 1 rings (SSSR count). The maximum atomic E-state index is 11.1. The molecule has 82 valence electrons. The molecule has 1 aliphatic heterocycles. The van der Waals surface area contributed by atoms with Crippen molar-refractivity contribution in [2.45, 2.75) is 38.5 Å². The highest BCUT2D eigenvalue weighted by molar-refractivity contribution is 5.66. The maximum Gasteiger partial charge on any atom is 0.408 e. The lowest BCUT2D eigenvalue weighted by molar-refractivity contribution is 0.0298. The third-order valence-corrected chi connectivity index (χ3v) is 2.41. The minimum absolute atomic E-state index is 0.340. The monoisotopic (exact) mass is 202 g/mol. The fourth-order valence-corrected chi connectivity index (χ4v) is 1.84. The molecule has 0 aromatic carbocycles. The van der Waals surface area contributed by atoms with Crippen LogP contribution in [0.25, 0.3) is 0 Å². The molecule has 0 spiro atoms. The van der Waals surface area contributed by atoms with Crippen LogP contribution in [0.5, 0.6) is 0 Å². The molecule has 2 atom stereocenters. The molecule has 1 amide bonds. The van der Waals surface area contributed by atoms with Crippen molar-refractivity contribution < 1.29 is 15.0 Å². The number of hydrogen-bond acceptors (Lipinski definition) is 3. The first-order valence-electron chi connectivity index (χ1n) is 4.75. The van der Waals surface area contributed by atoms with E-state index in [-0.39, 0.29) is 6.04 Å². The average molecular weight is 202 g/mol. The van der Waals surface area contributed by atoms with E-state index in [4.69, 9.17) is 5.11 Å². The van der Waals surface area contributed by atoms with Gasteiger partial charge < -0.3 is 15.5 Å². The van der Waals surface area contributed by atoms with Crippen LogP contribution < -0.4 is 5.32 Å². The zero-order valence-electron chi connectivity index (χ0n) is 8.82. The van der Waals surface area contributed by atoms with Gasteiger partial charge >= 0.3 is 6.09 Å². The number of hydrogen-bond donors (Lipinski definition) is 3. The molecule has 2 unspecified atom stereocenters. The Balaban J connectivity index is 2.83. The van der Waals surface area contributed by atoms with Gasteiger partial charge in [-0.3, -0.25) is 4.90 Å². The molecule has 5 nitrogen and oxygen atoms in total. The molecule has 0 radical (unpaired) electrons. The number of amides is 1. The van der Waals surface area contributed by atoms with E-state index in [2.05, 4.69) is 5.32 Å². The smallest absolute Gasteiger partial charge is 0.408 e. The minimum Gasteiger partial charge on any atom is -0.465 e. The summed E-state index contributed by atoms with van der Waals surface area (Å²) in [7, 11) is 0. The first kappa shape index (κ1) is 11.3. The van der Waals surface area contributed by atoms with E-state index in [1.165, 1.54) is 4.90 Å². The Morgan fingerprint density at radius 2 is 2.00 bits per heavy atom. The van der Waals surface area contributed by atoms with Crippen molar-refractivity contribution >= 4 is 6.09 Å². The van der Waals surface area contributed by atoms with Crippen molar-refractivity contribution in [2.24, 2.45) is 0 Å². The number of nitrogens with zero attached hydrogens (tertiary/aromatic N) is 1. The van der Waals surface area contributed by atoms with Gasteiger partial charge in [-0.25, -0.2) is 4.79 Å². The molecule has 0 aromatic heterocycles. The van der Waals surface area contributed by atoms with Gasteiger partial charge in [0.25, 0.3) is 0 Å². The molecule has 0 aliphatic carbocycles. The van der Waals surface area contributed by atoms with Crippen molar-refractivity contribution in [1.29, 1.82) is 0 Å². The molecule has 1 fully saturated rings. The summed E-state index contributed by atoms with van der Waals surface area (Å²) in [4.78, 5) is 12.4. The summed E-state index contributed by atoms with van der Waals surface area (Å²) in [5.74, 6) is 0. The van der Waals surface area contributed by atoms with Crippen LogP contribution in [0.4, 0.5) is 4.79 Å². The molecular weight excluding hydrogens is 184 g/mol. The normalized spacial score (nSPS) is 27.7. The third-order valence-electron chi connectivity index (χ3n) is 2.41. The van der Waals surface area contributed by atoms with Crippen molar-refractivity contribution in [2.75, 3.05) is 13.1 Å². The van der Waals surface area contributed by atoms with E-state index in [0.29, 0.717) is 13.1 Å². The second-order valence-electron chi connectivity index (χ2n) is 4.62. The number of carbonyl (C=O) groups is 1. The van der Waals surface area contributed by atoms with Gasteiger partial charge in [0.15, 0.2) is 0 Å². The number of rotatable bonds is 1. The van der Waals surface area contributed by atoms with E-state index in [0.717, 1.165) is 0 Å². The van der Waals surface area contributed by atoms with Crippen molar-refractivity contribution in [3.05, 3.63) is 0 Å². The Morgan fingerprint density at radius 3 is 2.29 bits per heavy atom. The molecule has 5 heteroatoms. The Kier molecular flexibility index (Phi) is 3.01. The minimum atomic E-state index is -0.981. The third kappa shape index (κ3) is 2.16. The fraction of sp³-hybridized carbons (Fsp3) is 0.889. The molecule has 1 saturated heterocycles. The Hall–Kier alpha value is -0.810. The summed E-state index contributed by atoms with van der Waals surface area (Å²) in [6.45, 7) is 6.46.